The first kappa shape index (κ1) is 48.0. The summed E-state index contributed by atoms with van der Waals surface area (Å²) in [4.78, 5) is 72.6. The molecule has 6 rings (SSSR count). The normalized spacial score (nSPS) is 15.0. The van der Waals surface area contributed by atoms with Crippen LogP contribution in [0, 0.1) is 11.8 Å². The van der Waals surface area contributed by atoms with E-state index in [2.05, 4.69) is 43.1 Å². The number of pyridine rings is 1. The number of ether oxygens (including phenoxy) is 4. The van der Waals surface area contributed by atoms with Gasteiger partial charge in [0.25, 0.3) is 11.8 Å². The summed E-state index contributed by atoms with van der Waals surface area (Å²) in [5.74, 6) is 4.56. The van der Waals surface area contributed by atoms with Crippen LogP contribution in [0.3, 0.4) is 0 Å². The first-order valence-corrected chi connectivity index (χ1v) is 21.8. The van der Waals surface area contributed by atoms with Crippen molar-refractivity contribution < 1.29 is 52.7 Å². The van der Waals surface area contributed by atoms with Gasteiger partial charge < -0.3 is 45.0 Å². The molecule has 4 aromatic rings. The molecule has 6 N–H and O–H groups in total. The van der Waals surface area contributed by atoms with Crippen molar-refractivity contribution in [2.75, 3.05) is 70.4 Å². The van der Waals surface area contributed by atoms with Gasteiger partial charge in [-0.3, -0.25) is 34.2 Å². The van der Waals surface area contributed by atoms with Gasteiger partial charge in [0.05, 0.1) is 63.6 Å². The van der Waals surface area contributed by atoms with Crippen LogP contribution in [-0.2, 0) is 35.1 Å². The van der Waals surface area contributed by atoms with Gasteiger partial charge in [0.15, 0.2) is 23.1 Å². The quantitative estimate of drug-likeness (QED) is 0.0363. The minimum atomic E-state index is -1.22. The van der Waals surface area contributed by atoms with Crippen molar-refractivity contribution in [1.29, 1.82) is 0 Å². The molecule has 21 heteroatoms. The van der Waals surface area contributed by atoms with Gasteiger partial charge in [-0.2, -0.15) is 0 Å². The van der Waals surface area contributed by atoms with Gasteiger partial charge in [-0.1, -0.05) is 31.2 Å². The van der Waals surface area contributed by atoms with Gasteiger partial charge in [0.2, 0.25) is 17.7 Å². The highest BCUT2D eigenvalue weighted by atomic mass is 16.6. The molecular weight excluding hydrogens is 845 g/mol. The monoisotopic (exact) mass is 900 g/mol. The standard InChI is InChI=1S/C44H56N10O11/c1-4-53-38-32(27-48-30(16-17-44(2,3)60)36(38)50-40(53)37-39(45)52-65-51-37)64-20-9-7-5-6-8-13-33(55)47-19-22-62-24-26-63-25-23-61-21-18-46-29-12-10-11-28-35(29)43(59)54(42(28)58)31-14-15-34(56)49-41(31)57/h10-12,27,31,46,60H,4-9,13-15,18-26H2,1-3H3,(H2,45,52)(H,47,55)(H,49,56,57). The van der Waals surface area contributed by atoms with Gasteiger partial charge in [0.1, 0.15) is 28.4 Å². The third-order valence-electron chi connectivity index (χ3n) is 10.4. The molecule has 1 atom stereocenters. The number of imidazole rings is 1. The number of benzene rings is 1. The maximum Gasteiger partial charge on any atom is 0.264 e. The number of anilines is 2. The van der Waals surface area contributed by atoms with E-state index in [0.29, 0.717) is 112 Å². The Morgan fingerprint density at radius 2 is 1.69 bits per heavy atom. The van der Waals surface area contributed by atoms with Crippen LogP contribution < -0.4 is 26.4 Å². The van der Waals surface area contributed by atoms with Crippen molar-refractivity contribution in [3.05, 3.63) is 41.2 Å². The number of piperidine rings is 1. The molecule has 65 heavy (non-hydrogen) atoms. The maximum atomic E-state index is 13.2. The number of aliphatic hydroxyl groups is 1. The molecule has 0 spiro atoms. The summed E-state index contributed by atoms with van der Waals surface area (Å²) in [7, 11) is 0. The van der Waals surface area contributed by atoms with Gasteiger partial charge in [-0.05, 0) is 68.4 Å². The van der Waals surface area contributed by atoms with E-state index in [1.165, 1.54) is 0 Å². The number of rotatable bonds is 25. The van der Waals surface area contributed by atoms with Crippen LogP contribution in [0.5, 0.6) is 5.75 Å². The number of hydrogen-bond donors (Lipinski definition) is 5. The number of aromatic nitrogens is 5. The minimum absolute atomic E-state index is 0.0203. The molecular formula is C44H56N10O11. The zero-order valence-electron chi connectivity index (χ0n) is 36.9. The highest BCUT2D eigenvalue weighted by Gasteiger charge is 2.45. The van der Waals surface area contributed by atoms with Crippen molar-refractivity contribution >= 4 is 52.1 Å². The molecule has 5 heterocycles. The molecule has 5 amide bonds. The van der Waals surface area contributed by atoms with Gasteiger partial charge in [-0.15, -0.1) is 0 Å². The Labute approximate surface area is 375 Å². The first-order chi connectivity index (χ1) is 31.4. The molecule has 1 fully saturated rings. The topological polar surface area (TPSA) is 277 Å². The highest BCUT2D eigenvalue weighted by Crippen LogP contribution is 2.34. The Bertz CT molecular complexity index is 2400. The van der Waals surface area contributed by atoms with Crippen molar-refractivity contribution in [1.82, 2.24) is 40.4 Å². The van der Waals surface area contributed by atoms with Crippen molar-refractivity contribution in [3.8, 4) is 29.1 Å². The van der Waals surface area contributed by atoms with E-state index in [9.17, 15) is 29.1 Å². The number of nitrogens with one attached hydrogen (secondary N) is 3. The predicted octanol–water partition coefficient (Wildman–Crippen LogP) is 2.60. The number of nitrogen functional groups attached to an aromatic ring is 1. The van der Waals surface area contributed by atoms with E-state index in [-0.39, 0.29) is 35.7 Å². The fraction of sp³-hybridized carbons (Fsp3) is 0.523. The van der Waals surface area contributed by atoms with Gasteiger partial charge in [-0.25, -0.2) is 14.6 Å². The Morgan fingerprint density at radius 3 is 2.40 bits per heavy atom. The largest absolute Gasteiger partial charge is 0.490 e. The molecule has 2 aliphatic heterocycles. The summed E-state index contributed by atoms with van der Waals surface area (Å²) >= 11 is 0. The van der Waals surface area contributed by atoms with Crippen molar-refractivity contribution in [2.45, 2.75) is 90.3 Å². The molecule has 21 nitrogen and oxygen atoms in total. The van der Waals surface area contributed by atoms with E-state index >= 15 is 0 Å². The average Bonchev–Trinajstić information content (AvgIpc) is 3.95. The molecule has 0 radical (unpaired) electrons. The van der Waals surface area contributed by atoms with Crippen molar-refractivity contribution in [3.63, 3.8) is 0 Å². The maximum absolute atomic E-state index is 13.2. The molecule has 3 aromatic heterocycles. The fourth-order valence-electron chi connectivity index (χ4n) is 7.27. The number of amides is 5. The summed E-state index contributed by atoms with van der Waals surface area (Å²) in [6, 6.07) is 3.86. The van der Waals surface area contributed by atoms with Crippen molar-refractivity contribution in [2.24, 2.45) is 0 Å². The Morgan fingerprint density at radius 1 is 0.969 bits per heavy atom. The van der Waals surface area contributed by atoms with Crippen LogP contribution in [0.25, 0.3) is 22.6 Å². The molecule has 2 aliphatic rings. The molecule has 1 saturated heterocycles. The number of unbranched alkanes of at least 4 members (excludes halogenated alkanes) is 4. The van der Waals surface area contributed by atoms with Crippen LogP contribution in [0.1, 0.15) is 98.5 Å². The SMILES string of the molecule is CCn1c(-c2nonc2N)nc2c(C#CC(C)(C)O)ncc(OCCCCCCCC(=O)NCCOCCOCCOCCNc3cccc4c3C(=O)N(C3CCC(=O)NC3=O)C4=O)c21. The summed E-state index contributed by atoms with van der Waals surface area (Å²) in [6.45, 7) is 8.97. The Kier molecular flexibility index (Phi) is 16.9. The lowest BCUT2D eigenvalue weighted by Crippen LogP contribution is -2.54. The van der Waals surface area contributed by atoms with E-state index in [0.717, 1.165) is 37.0 Å². The summed E-state index contributed by atoms with van der Waals surface area (Å²) in [5.41, 5.74) is 7.46. The van der Waals surface area contributed by atoms with Gasteiger partial charge in [0, 0.05) is 38.2 Å². The number of aryl methyl sites for hydroxylation is 1. The van der Waals surface area contributed by atoms with Crippen LogP contribution in [0.2, 0.25) is 0 Å². The minimum Gasteiger partial charge on any atom is -0.490 e. The number of carbonyl (C=O) groups is 5. The van der Waals surface area contributed by atoms with E-state index in [1.54, 1.807) is 38.2 Å². The Hall–Kier alpha value is -6.47. The third-order valence-corrected chi connectivity index (χ3v) is 10.4. The number of carbonyl (C=O) groups excluding carboxylic acids is 5. The molecule has 0 saturated carbocycles. The van der Waals surface area contributed by atoms with Crippen LogP contribution in [0.15, 0.2) is 29.0 Å². The molecule has 1 aromatic carbocycles. The molecule has 348 valence electrons. The summed E-state index contributed by atoms with van der Waals surface area (Å²) in [5, 5.41) is 26.0. The molecule has 0 aliphatic carbocycles. The van der Waals surface area contributed by atoms with Crippen LogP contribution in [-0.4, -0.2) is 135 Å². The second kappa shape index (κ2) is 22.9. The number of nitrogens with two attached hydrogens (primary N) is 1. The van der Waals surface area contributed by atoms with E-state index in [4.69, 9.17) is 34.3 Å². The number of fused-ring (bicyclic) bond motifs is 2. The number of hydrogen-bond acceptors (Lipinski definition) is 17. The zero-order chi connectivity index (χ0) is 46.3. The van der Waals surface area contributed by atoms with Crippen LogP contribution >= 0.6 is 0 Å². The number of imide groups is 2. The van der Waals surface area contributed by atoms with Gasteiger partial charge >= 0.3 is 0 Å². The molecule has 1 unspecified atom stereocenters. The second-order valence-corrected chi connectivity index (χ2v) is 15.8. The smallest absolute Gasteiger partial charge is 0.264 e. The fourth-order valence-corrected chi connectivity index (χ4v) is 7.27. The zero-order valence-corrected chi connectivity index (χ0v) is 36.9. The predicted molar refractivity (Wildman–Crippen MR) is 234 cm³/mol. The lowest BCUT2D eigenvalue weighted by molar-refractivity contribution is -0.136. The summed E-state index contributed by atoms with van der Waals surface area (Å²) < 4.78 is 29.6. The Balaban J connectivity index is 0.774. The number of nitrogens with zero attached hydrogens (tertiary/aromatic N) is 6. The third kappa shape index (κ3) is 12.6. The second-order valence-electron chi connectivity index (χ2n) is 15.8. The first-order valence-electron chi connectivity index (χ1n) is 21.8. The lowest BCUT2D eigenvalue weighted by Gasteiger charge is -2.27. The summed E-state index contributed by atoms with van der Waals surface area (Å²) in [6.07, 6.45) is 6.54. The van der Waals surface area contributed by atoms with E-state index in [1.807, 2.05) is 11.5 Å². The van der Waals surface area contributed by atoms with E-state index < -0.39 is 35.3 Å². The highest BCUT2D eigenvalue weighted by molar-refractivity contribution is 6.25. The van der Waals surface area contributed by atoms with Crippen LogP contribution in [0.4, 0.5) is 11.5 Å². The molecule has 0 bridgehead atoms. The lowest BCUT2D eigenvalue weighted by atomic mass is 10.0. The average molecular weight is 901 g/mol.